The summed E-state index contributed by atoms with van der Waals surface area (Å²) in [5.41, 5.74) is 1.43. The van der Waals surface area contributed by atoms with Gasteiger partial charge in [0.25, 0.3) is 5.91 Å². The number of imide groups is 1. The molecule has 25 heavy (non-hydrogen) atoms. The first-order valence-corrected chi connectivity index (χ1v) is 8.25. The standard InChI is InChI=1S/C18H12BrNO5/c1-9(21)20-13-7-11(19)3-4-12(13)16(18(20)23)17(22)10-2-5-14-15(6-10)25-8-24-14/h2-7,22H,8H2,1H3/b17-16+. The molecule has 2 heterocycles. The predicted octanol–water partition coefficient (Wildman–Crippen LogP) is 3.50. The molecule has 0 fully saturated rings. The third-order valence-electron chi connectivity index (χ3n) is 4.08. The lowest BCUT2D eigenvalue weighted by atomic mass is 10.0. The topological polar surface area (TPSA) is 76.1 Å². The molecule has 0 unspecified atom stereocenters. The lowest BCUT2D eigenvalue weighted by molar-refractivity contribution is -0.122. The van der Waals surface area contributed by atoms with Gasteiger partial charge in [-0.3, -0.25) is 9.59 Å². The zero-order valence-corrected chi connectivity index (χ0v) is 14.7. The van der Waals surface area contributed by atoms with E-state index in [2.05, 4.69) is 15.9 Å². The number of aliphatic hydroxyl groups excluding tert-OH is 1. The number of amides is 2. The van der Waals surface area contributed by atoms with Gasteiger partial charge in [0.1, 0.15) is 5.76 Å². The Morgan fingerprint density at radius 1 is 1.16 bits per heavy atom. The van der Waals surface area contributed by atoms with E-state index in [9.17, 15) is 14.7 Å². The van der Waals surface area contributed by atoms with Gasteiger partial charge in [0.2, 0.25) is 12.7 Å². The van der Waals surface area contributed by atoms with E-state index in [1.54, 1.807) is 36.4 Å². The highest BCUT2D eigenvalue weighted by atomic mass is 79.9. The first-order valence-electron chi connectivity index (χ1n) is 7.45. The number of anilines is 1. The van der Waals surface area contributed by atoms with Crippen molar-refractivity contribution >= 4 is 44.8 Å². The summed E-state index contributed by atoms with van der Waals surface area (Å²) in [7, 11) is 0. The van der Waals surface area contributed by atoms with Crippen LogP contribution in [0.4, 0.5) is 5.69 Å². The highest BCUT2D eigenvalue weighted by Gasteiger charge is 2.38. The van der Waals surface area contributed by atoms with Crippen LogP contribution >= 0.6 is 15.9 Å². The second-order valence-corrected chi connectivity index (χ2v) is 6.53. The number of ether oxygens (including phenoxy) is 2. The Bertz CT molecular complexity index is 966. The fraction of sp³-hybridized carbons (Fsp3) is 0.111. The van der Waals surface area contributed by atoms with Gasteiger partial charge in [-0.15, -0.1) is 0 Å². The van der Waals surface area contributed by atoms with Crippen molar-refractivity contribution in [3.63, 3.8) is 0 Å². The van der Waals surface area contributed by atoms with Gasteiger partial charge in [0.05, 0.1) is 11.3 Å². The molecule has 0 bridgehead atoms. The van der Waals surface area contributed by atoms with E-state index in [4.69, 9.17) is 9.47 Å². The summed E-state index contributed by atoms with van der Waals surface area (Å²) in [4.78, 5) is 25.8. The maximum absolute atomic E-state index is 12.8. The van der Waals surface area contributed by atoms with Crippen molar-refractivity contribution in [2.75, 3.05) is 11.7 Å². The number of benzene rings is 2. The van der Waals surface area contributed by atoms with Crippen LogP contribution in [0.5, 0.6) is 11.5 Å². The van der Waals surface area contributed by atoms with Gasteiger partial charge < -0.3 is 14.6 Å². The first-order chi connectivity index (χ1) is 12.0. The summed E-state index contributed by atoms with van der Waals surface area (Å²) in [5, 5.41) is 10.8. The molecule has 6 nitrogen and oxygen atoms in total. The van der Waals surface area contributed by atoms with Crippen LogP contribution in [0, 0.1) is 0 Å². The number of rotatable bonds is 1. The monoisotopic (exact) mass is 401 g/mol. The molecule has 4 rings (SSSR count). The van der Waals surface area contributed by atoms with Crippen molar-refractivity contribution in [2.45, 2.75) is 6.92 Å². The van der Waals surface area contributed by atoms with Gasteiger partial charge in [-0.25, -0.2) is 4.90 Å². The second-order valence-electron chi connectivity index (χ2n) is 5.61. The molecule has 0 spiro atoms. The van der Waals surface area contributed by atoms with Crippen molar-refractivity contribution in [1.82, 2.24) is 0 Å². The zero-order chi connectivity index (χ0) is 17.7. The van der Waals surface area contributed by atoms with Crippen LogP contribution in [0.3, 0.4) is 0 Å². The molecule has 7 heteroatoms. The Kier molecular flexibility index (Phi) is 3.54. The summed E-state index contributed by atoms with van der Waals surface area (Å²) in [5.74, 6) is -0.118. The van der Waals surface area contributed by atoms with E-state index in [1.165, 1.54) is 6.92 Å². The smallest absolute Gasteiger partial charge is 0.269 e. The van der Waals surface area contributed by atoms with Crippen molar-refractivity contribution in [2.24, 2.45) is 0 Å². The molecule has 0 aliphatic carbocycles. The van der Waals surface area contributed by atoms with Crippen LogP contribution in [0.25, 0.3) is 11.3 Å². The van der Waals surface area contributed by atoms with E-state index in [0.29, 0.717) is 28.3 Å². The molecule has 2 aliphatic heterocycles. The van der Waals surface area contributed by atoms with Crippen LogP contribution in [0.15, 0.2) is 40.9 Å². The maximum Gasteiger partial charge on any atom is 0.269 e. The normalized spacial score (nSPS) is 16.9. The molecule has 0 radical (unpaired) electrons. The number of carbonyl (C=O) groups is 2. The molecule has 2 aromatic carbocycles. The summed E-state index contributed by atoms with van der Waals surface area (Å²) < 4.78 is 11.3. The van der Waals surface area contributed by atoms with Gasteiger partial charge in [0.15, 0.2) is 11.5 Å². The van der Waals surface area contributed by atoms with Crippen LogP contribution in [0.1, 0.15) is 18.1 Å². The molecule has 126 valence electrons. The van der Waals surface area contributed by atoms with E-state index < -0.39 is 11.8 Å². The van der Waals surface area contributed by atoms with Gasteiger partial charge in [-0.1, -0.05) is 22.0 Å². The average molecular weight is 402 g/mol. The number of halogens is 1. The molecule has 0 atom stereocenters. The van der Waals surface area contributed by atoms with Crippen molar-refractivity contribution < 1.29 is 24.2 Å². The minimum absolute atomic E-state index is 0.0802. The molecule has 0 aromatic heterocycles. The van der Waals surface area contributed by atoms with Gasteiger partial charge in [-0.2, -0.15) is 0 Å². The quantitative estimate of drug-likeness (QED) is 0.584. The third-order valence-corrected chi connectivity index (χ3v) is 4.58. The second kappa shape index (κ2) is 5.63. The van der Waals surface area contributed by atoms with Gasteiger partial charge in [-0.05, 0) is 30.3 Å². The molecule has 1 N–H and O–H groups in total. The molecule has 2 aliphatic rings. The van der Waals surface area contributed by atoms with Crippen LogP contribution in [-0.4, -0.2) is 23.7 Å². The van der Waals surface area contributed by atoms with E-state index in [0.717, 1.165) is 9.37 Å². The zero-order valence-electron chi connectivity index (χ0n) is 13.1. The summed E-state index contributed by atoms with van der Waals surface area (Å²) >= 11 is 3.34. The highest BCUT2D eigenvalue weighted by molar-refractivity contribution is 9.10. The molecule has 2 aromatic rings. The van der Waals surface area contributed by atoms with E-state index in [1.807, 2.05) is 0 Å². The Labute approximate surface area is 151 Å². The Hall–Kier alpha value is -2.80. The molecule has 0 saturated carbocycles. The Balaban J connectivity index is 1.91. The minimum atomic E-state index is -0.559. The summed E-state index contributed by atoms with van der Waals surface area (Å²) in [6.07, 6.45) is 0. The fourth-order valence-corrected chi connectivity index (χ4v) is 3.32. The average Bonchev–Trinajstić information content (AvgIpc) is 3.14. The van der Waals surface area contributed by atoms with Crippen molar-refractivity contribution in [3.8, 4) is 11.5 Å². The van der Waals surface area contributed by atoms with Crippen LogP contribution in [-0.2, 0) is 9.59 Å². The minimum Gasteiger partial charge on any atom is -0.506 e. The molecule has 0 saturated heterocycles. The van der Waals surface area contributed by atoms with Gasteiger partial charge in [0, 0.05) is 22.5 Å². The number of hydrogen-bond acceptors (Lipinski definition) is 5. The lowest BCUT2D eigenvalue weighted by Crippen LogP contribution is -2.31. The van der Waals surface area contributed by atoms with Gasteiger partial charge >= 0.3 is 0 Å². The number of hydrogen-bond donors (Lipinski definition) is 1. The first kappa shape index (κ1) is 15.7. The SMILES string of the molecule is CC(=O)N1C(=O)/C(=C(/O)c2ccc3c(c2)OCO3)c2ccc(Br)cc21. The lowest BCUT2D eigenvalue weighted by Gasteiger charge is -2.12. The van der Waals surface area contributed by atoms with E-state index >= 15 is 0 Å². The largest absolute Gasteiger partial charge is 0.506 e. The fourth-order valence-electron chi connectivity index (χ4n) is 2.97. The van der Waals surface area contributed by atoms with Crippen LogP contribution in [0.2, 0.25) is 0 Å². The van der Waals surface area contributed by atoms with Crippen molar-refractivity contribution in [3.05, 3.63) is 52.0 Å². The Morgan fingerprint density at radius 3 is 2.68 bits per heavy atom. The van der Waals surface area contributed by atoms with E-state index in [-0.39, 0.29) is 18.1 Å². The molecular weight excluding hydrogens is 390 g/mol. The number of nitrogens with zero attached hydrogens (tertiary/aromatic N) is 1. The number of carbonyl (C=O) groups excluding carboxylic acids is 2. The number of aliphatic hydroxyl groups is 1. The molecular formula is C18H12BrNO5. The highest BCUT2D eigenvalue weighted by Crippen LogP contribution is 2.42. The number of fused-ring (bicyclic) bond motifs is 2. The predicted molar refractivity (Wildman–Crippen MR) is 94.3 cm³/mol. The Morgan fingerprint density at radius 2 is 1.92 bits per heavy atom. The van der Waals surface area contributed by atoms with Crippen LogP contribution < -0.4 is 14.4 Å². The maximum atomic E-state index is 12.8. The van der Waals surface area contributed by atoms with Crippen molar-refractivity contribution in [1.29, 1.82) is 0 Å². The summed E-state index contributed by atoms with van der Waals surface area (Å²) in [6.45, 7) is 1.42. The summed E-state index contributed by atoms with van der Waals surface area (Å²) in [6, 6.07) is 10.0. The molecule has 2 amide bonds. The third kappa shape index (κ3) is 2.39.